The zero-order chi connectivity index (χ0) is 31.4. The summed E-state index contributed by atoms with van der Waals surface area (Å²) in [6.07, 6.45) is 0.298. The monoisotopic (exact) mass is 612 g/mol. The largest absolute Gasteiger partial charge is 0.474 e. The van der Waals surface area contributed by atoms with Gasteiger partial charge >= 0.3 is 0 Å². The van der Waals surface area contributed by atoms with Crippen LogP contribution in [0.15, 0.2) is 30.3 Å². The maximum absolute atomic E-state index is 14.2. The average molecular weight is 613 g/mol. The van der Waals surface area contributed by atoms with Gasteiger partial charge in [-0.3, -0.25) is 19.4 Å². The van der Waals surface area contributed by atoms with Gasteiger partial charge in [0.1, 0.15) is 23.8 Å². The maximum Gasteiger partial charge on any atom is 0.270 e. The van der Waals surface area contributed by atoms with Gasteiger partial charge in [-0.05, 0) is 63.4 Å². The number of hydrogen-bond donors (Lipinski definition) is 3. The highest BCUT2D eigenvalue weighted by atomic mass is 19.1. The number of carbonyl (C=O) groups is 2. The number of ether oxygens (including phenoxy) is 2. The Morgan fingerprint density at radius 1 is 1.09 bits per heavy atom. The van der Waals surface area contributed by atoms with Crippen LogP contribution in [0.25, 0.3) is 0 Å². The smallest absolute Gasteiger partial charge is 0.270 e. The van der Waals surface area contributed by atoms with Crippen LogP contribution in [-0.4, -0.2) is 121 Å². The number of hydrogen-bond acceptors (Lipinski definition) is 9. The van der Waals surface area contributed by atoms with Crippen LogP contribution in [0, 0.1) is 5.82 Å². The number of nitrogens with one attached hydrogen (secondary N) is 2. The Morgan fingerprint density at radius 2 is 1.82 bits per heavy atom. The molecule has 0 bridgehead atoms. The first-order chi connectivity index (χ1) is 21.1. The van der Waals surface area contributed by atoms with E-state index in [2.05, 4.69) is 46.2 Å². The zero-order valence-electron chi connectivity index (χ0n) is 26.1. The van der Waals surface area contributed by atoms with Crippen molar-refractivity contribution in [1.29, 1.82) is 0 Å². The van der Waals surface area contributed by atoms with Crippen LogP contribution in [0.1, 0.15) is 49.3 Å². The molecule has 1 aromatic heterocycles. The van der Waals surface area contributed by atoms with Crippen molar-refractivity contribution >= 4 is 17.5 Å². The van der Waals surface area contributed by atoms with E-state index in [1.54, 1.807) is 23.1 Å². The molecule has 3 aliphatic rings. The van der Waals surface area contributed by atoms with Gasteiger partial charge in [0.05, 0.1) is 32.4 Å². The molecule has 2 fully saturated rings. The highest BCUT2D eigenvalue weighted by Gasteiger charge is 2.37. The van der Waals surface area contributed by atoms with Gasteiger partial charge in [-0.25, -0.2) is 9.37 Å². The van der Waals surface area contributed by atoms with E-state index >= 15 is 0 Å². The van der Waals surface area contributed by atoms with E-state index in [0.29, 0.717) is 43.0 Å². The normalized spacial score (nSPS) is 26.1. The van der Waals surface area contributed by atoms with Crippen LogP contribution in [-0.2, 0) is 16.0 Å². The van der Waals surface area contributed by atoms with E-state index in [1.165, 1.54) is 12.1 Å². The third-order valence-electron chi connectivity index (χ3n) is 8.74. The Morgan fingerprint density at radius 3 is 2.52 bits per heavy atom. The molecule has 5 rings (SSSR count). The number of carbonyl (C=O) groups excluding carboxylic acids is 2. The maximum atomic E-state index is 14.2. The average Bonchev–Trinajstić information content (AvgIpc) is 2.99. The fourth-order valence-corrected chi connectivity index (χ4v) is 6.40. The Balaban J connectivity index is 1.42. The van der Waals surface area contributed by atoms with Gasteiger partial charge in [-0.2, -0.15) is 0 Å². The molecule has 0 unspecified atom stereocenters. The molecule has 240 valence electrons. The van der Waals surface area contributed by atoms with Crippen molar-refractivity contribution in [2.45, 2.75) is 64.3 Å². The summed E-state index contributed by atoms with van der Waals surface area (Å²) in [6, 6.07) is 8.61. The minimum atomic E-state index is -0.455. The Bertz CT molecular complexity index is 1300. The summed E-state index contributed by atoms with van der Waals surface area (Å²) in [5, 5.41) is 15.5. The number of rotatable bonds is 9. The molecular weight excluding hydrogens is 567 g/mol. The Kier molecular flexibility index (Phi) is 10.5. The number of aliphatic hydroxyl groups is 1. The molecule has 11 nitrogen and oxygen atoms in total. The van der Waals surface area contributed by atoms with Crippen molar-refractivity contribution in [1.82, 2.24) is 25.4 Å². The molecule has 12 heteroatoms. The number of halogens is 1. The zero-order valence-corrected chi connectivity index (χ0v) is 26.1. The van der Waals surface area contributed by atoms with Crippen LogP contribution >= 0.6 is 0 Å². The lowest BCUT2D eigenvalue weighted by Crippen LogP contribution is -2.63. The third kappa shape index (κ3) is 7.37. The van der Waals surface area contributed by atoms with Crippen LogP contribution in [0.4, 0.5) is 10.1 Å². The number of anilines is 1. The summed E-state index contributed by atoms with van der Waals surface area (Å²) in [7, 11) is 0. The van der Waals surface area contributed by atoms with Gasteiger partial charge in [-0.15, -0.1) is 0 Å². The molecule has 2 amide bonds. The Hall–Kier alpha value is -3.16. The molecule has 0 aliphatic carbocycles. The molecule has 0 radical (unpaired) electrons. The van der Waals surface area contributed by atoms with Crippen LogP contribution in [0.2, 0.25) is 0 Å². The van der Waals surface area contributed by atoms with Crippen LogP contribution in [0.5, 0.6) is 5.88 Å². The number of piperazine rings is 1. The SMILES string of the molecule is C[C@@H]1CN(CC(=O)N2c3cc(Cc4ccc(F)cc4)c(C(=O)NCCO)nc3OC[C@@H]2C)[C@@H](CN2[C@H](C)COC[C@H]2C)CN1. The summed E-state index contributed by atoms with van der Waals surface area (Å²) in [4.78, 5) is 38.3. The van der Waals surface area contributed by atoms with Crippen LogP contribution < -0.4 is 20.3 Å². The minimum Gasteiger partial charge on any atom is -0.474 e. The molecule has 5 atom stereocenters. The fraction of sp³-hybridized carbons (Fsp3) is 0.594. The van der Waals surface area contributed by atoms with E-state index in [1.807, 2.05) is 6.92 Å². The van der Waals surface area contributed by atoms with Gasteiger partial charge in [0.15, 0.2) is 0 Å². The number of nitrogens with zero attached hydrogens (tertiary/aromatic N) is 4. The van der Waals surface area contributed by atoms with E-state index < -0.39 is 5.91 Å². The summed E-state index contributed by atoms with van der Waals surface area (Å²) in [6.45, 7) is 12.6. The topological polar surface area (TPSA) is 120 Å². The molecule has 3 aliphatic heterocycles. The molecule has 0 spiro atoms. The van der Waals surface area contributed by atoms with Gasteiger partial charge in [-0.1, -0.05) is 12.1 Å². The number of amides is 2. The number of aromatic nitrogens is 1. The summed E-state index contributed by atoms with van der Waals surface area (Å²) in [5.41, 5.74) is 2.02. The first-order valence-corrected chi connectivity index (χ1v) is 15.6. The standard InChI is InChI=1S/C32H45FN6O5/c1-20-14-37(27(13-35-20)15-38-21(2)17-43-18-22(38)3)16-29(41)39-23(4)19-44-32-28(39)12-25(11-24-5-7-26(33)8-6-24)30(36-32)31(42)34-9-10-40/h5-8,12,20-23,27,35,40H,9-11,13-19H2,1-4H3,(H,34,42)/t20-,21-,22-,23+,27-/m1/s1. The molecule has 2 saturated heterocycles. The predicted molar refractivity (Wildman–Crippen MR) is 165 cm³/mol. The van der Waals surface area contributed by atoms with Crippen molar-refractivity contribution in [2.24, 2.45) is 0 Å². The van der Waals surface area contributed by atoms with E-state index in [0.717, 1.165) is 25.2 Å². The summed E-state index contributed by atoms with van der Waals surface area (Å²) >= 11 is 0. The highest BCUT2D eigenvalue weighted by Crippen LogP contribution is 2.35. The van der Waals surface area contributed by atoms with Crippen molar-refractivity contribution in [3.8, 4) is 5.88 Å². The minimum absolute atomic E-state index is 0.0590. The second-order valence-corrected chi connectivity index (χ2v) is 12.4. The lowest BCUT2D eigenvalue weighted by molar-refractivity contribution is -0.122. The molecule has 2 aromatic rings. The van der Waals surface area contributed by atoms with Crippen molar-refractivity contribution in [3.05, 3.63) is 53.0 Å². The molecular formula is C32H45FN6O5. The fourth-order valence-electron chi connectivity index (χ4n) is 6.40. The van der Waals surface area contributed by atoms with Gasteiger partial charge in [0, 0.05) is 50.3 Å². The molecule has 4 heterocycles. The van der Waals surface area contributed by atoms with E-state index in [4.69, 9.17) is 9.47 Å². The van der Waals surface area contributed by atoms with Gasteiger partial charge < -0.3 is 30.1 Å². The molecule has 44 heavy (non-hydrogen) atoms. The van der Waals surface area contributed by atoms with Crippen molar-refractivity contribution in [3.63, 3.8) is 0 Å². The lowest BCUT2D eigenvalue weighted by atomic mass is 10.0. The number of morpholine rings is 1. The number of fused-ring (bicyclic) bond motifs is 1. The number of pyridine rings is 1. The van der Waals surface area contributed by atoms with Crippen molar-refractivity contribution < 1.29 is 28.6 Å². The van der Waals surface area contributed by atoms with Crippen LogP contribution in [0.3, 0.4) is 0 Å². The summed E-state index contributed by atoms with van der Waals surface area (Å²) < 4.78 is 25.3. The molecule has 0 saturated carbocycles. The quantitative estimate of drug-likeness (QED) is 0.386. The second kappa shape index (κ2) is 14.3. The predicted octanol–water partition coefficient (Wildman–Crippen LogP) is 1.42. The highest BCUT2D eigenvalue weighted by molar-refractivity contribution is 5.99. The molecule has 1 aromatic carbocycles. The van der Waals surface area contributed by atoms with Gasteiger partial charge in [0.2, 0.25) is 11.8 Å². The first-order valence-electron chi connectivity index (χ1n) is 15.6. The van der Waals surface area contributed by atoms with Gasteiger partial charge in [0.25, 0.3) is 5.91 Å². The van der Waals surface area contributed by atoms with E-state index in [-0.39, 0.29) is 67.7 Å². The van der Waals surface area contributed by atoms with E-state index in [9.17, 15) is 19.1 Å². The lowest BCUT2D eigenvalue weighted by Gasteiger charge is -2.46. The Labute approximate surface area is 258 Å². The number of benzene rings is 1. The van der Waals surface area contributed by atoms with Crippen molar-refractivity contribution in [2.75, 3.05) is 64.1 Å². The second-order valence-electron chi connectivity index (χ2n) is 12.4. The third-order valence-corrected chi connectivity index (χ3v) is 8.74. The first kappa shape index (κ1) is 32.2. The molecule has 3 N–H and O–H groups in total. The number of aliphatic hydroxyl groups excluding tert-OH is 1. The summed E-state index contributed by atoms with van der Waals surface area (Å²) in [5.74, 6) is -0.649.